The van der Waals surface area contributed by atoms with Crippen molar-refractivity contribution in [1.29, 1.82) is 0 Å². The third-order valence-corrected chi connectivity index (χ3v) is 7.10. The van der Waals surface area contributed by atoms with Crippen LogP contribution in [0.25, 0.3) is 17.2 Å². The third kappa shape index (κ3) is 5.25. The molecule has 0 saturated carbocycles. The molecule has 0 aliphatic carbocycles. The van der Waals surface area contributed by atoms with Crippen LogP contribution in [-0.2, 0) is 17.2 Å². The predicted octanol–water partition coefficient (Wildman–Crippen LogP) is 5.68. The van der Waals surface area contributed by atoms with E-state index in [2.05, 4.69) is 0 Å². The van der Waals surface area contributed by atoms with Gasteiger partial charge in [0, 0.05) is 23.7 Å². The van der Waals surface area contributed by atoms with Crippen LogP contribution in [0.5, 0.6) is 5.75 Å². The molecule has 0 unspecified atom stereocenters. The highest BCUT2D eigenvalue weighted by molar-refractivity contribution is 7.85. The van der Waals surface area contributed by atoms with E-state index >= 15 is 0 Å². The van der Waals surface area contributed by atoms with E-state index in [-0.39, 0.29) is 12.2 Å². The van der Waals surface area contributed by atoms with E-state index in [0.29, 0.717) is 40.5 Å². The van der Waals surface area contributed by atoms with Crippen LogP contribution in [0.4, 0.5) is 5.69 Å². The molecule has 1 aliphatic heterocycles. The molecule has 2 aromatic carbocycles. The first kappa shape index (κ1) is 24.6. The molecule has 4 rings (SSSR count). The highest BCUT2D eigenvalue weighted by Crippen LogP contribution is 2.41. The summed E-state index contributed by atoms with van der Waals surface area (Å²) in [6.45, 7) is 4.28. The van der Waals surface area contributed by atoms with E-state index < -0.39 is 10.1 Å². The Labute approximate surface area is 208 Å². The summed E-state index contributed by atoms with van der Waals surface area (Å²) in [5, 5.41) is 1.21. The molecule has 7 nitrogen and oxygen atoms in total. The summed E-state index contributed by atoms with van der Waals surface area (Å²) in [4.78, 5) is 1.86. The molecule has 0 spiro atoms. The van der Waals surface area contributed by atoms with Crippen LogP contribution in [0.3, 0.4) is 0 Å². The number of nitrogens with zero attached hydrogens (tertiary/aromatic N) is 2. The molecule has 10 heteroatoms. The minimum Gasteiger partial charge on any atom is -0.439 e. The number of benzene rings is 2. The Hall–Kier alpha value is -2.52. The fourth-order valence-corrected chi connectivity index (χ4v) is 4.61. The second kappa shape index (κ2) is 9.62. The van der Waals surface area contributed by atoms with Gasteiger partial charge in [-0.3, -0.25) is 4.55 Å². The molecule has 3 aromatic rings. The van der Waals surface area contributed by atoms with Crippen LogP contribution < -0.4 is 14.2 Å². The van der Waals surface area contributed by atoms with Crippen molar-refractivity contribution in [2.45, 2.75) is 26.7 Å². The van der Waals surface area contributed by atoms with E-state index in [9.17, 15) is 8.42 Å². The van der Waals surface area contributed by atoms with Crippen molar-refractivity contribution in [3.63, 3.8) is 0 Å². The van der Waals surface area contributed by atoms with Crippen LogP contribution in [-0.4, -0.2) is 25.3 Å². The minimum absolute atomic E-state index is 0.218. The first-order valence-electron chi connectivity index (χ1n) is 10.8. The lowest BCUT2D eigenvalue weighted by Crippen LogP contribution is -2.29. The van der Waals surface area contributed by atoms with Crippen molar-refractivity contribution >= 4 is 56.2 Å². The van der Waals surface area contributed by atoms with Gasteiger partial charge in [0.05, 0.1) is 22.5 Å². The molecule has 0 amide bonds. The first-order chi connectivity index (χ1) is 16.1. The number of ether oxygens (including phenoxy) is 1. The van der Waals surface area contributed by atoms with E-state index in [1.807, 2.05) is 54.6 Å². The van der Waals surface area contributed by atoms with Gasteiger partial charge >= 0.3 is 5.89 Å². The molecule has 0 radical (unpaired) electrons. The average molecular weight is 524 g/mol. The number of anilines is 1. The zero-order chi connectivity index (χ0) is 24.6. The van der Waals surface area contributed by atoms with Crippen LogP contribution >= 0.6 is 23.2 Å². The standard InChI is InChI=1S/C24H24Cl2N2O5S/c1-4-16(11-23-27(3)19-14-18(26)15(2)10-22(19)33-23)12-24-28(8-5-9-34(29,30)31)20-13-17(25)6-7-21(20)32-24/h6-7,10-14H,4-5,8-9H2,1-3H3/p+1. The summed E-state index contributed by atoms with van der Waals surface area (Å²) in [7, 11) is -2.15. The smallest absolute Gasteiger partial charge is 0.374 e. The van der Waals surface area contributed by atoms with Crippen LogP contribution in [0.15, 0.2) is 52.3 Å². The molecular weight excluding hydrogens is 499 g/mol. The molecular formula is C24H25Cl2N2O5S+. The van der Waals surface area contributed by atoms with Gasteiger partial charge in [-0.25, -0.2) is 0 Å². The van der Waals surface area contributed by atoms with Crippen molar-refractivity contribution in [2.24, 2.45) is 7.05 Å². The van der Waals surface area contributed by atoms with Crippen molar-refractivity contribution in [1.82, 2.24) is 0 Å². The number of hydrogen-bond donors (Lipinski definition) is 1. The maximum Gasteiger partial charge on any atom is 0.374 e. The summed E-state index contributed by atoms with van der Waals surface area (Å²) in [6, 6.07) is 9.07. The Morgan fingerprint density at radius 2 is 2.00 bits per heavy atom. The van der Waals surface area contributed by atoms with E-state index in [1.54, 1.807) is 18.2 Å². The molecule has 0 saturated heterocycles. The Morgan fingerprint density at radius 1 is 1.24 bits per heavy atom. The fraction of sp³-hybridized carbons (Fsp3) is 0.292. The Morgan fingerprint density at radius 3 is 2.71 bits per heavy atom. The Bertz CT molecular complexity index is 1430. The number of aryl methyl sites for hydroxylation is 2. The highest BCUT2D eigenvalue weighted by atomic mass is 35.5. The van der Waals surface area contributed by atoms with Gasteiger partial charge in [0.25, 0.3) is 15.6 Å². The second-order valence-corrected chi connectivity index (χ2v) is 10.5. The van der Waals surface area contributed by atoms with Crippen molar-refractivity contribution in [2.75, 3.05) is 17.2 Å². The van der Waals surface area contributed by atoms with E-state index in [1.165, 1.54) is 0 Å². The van der Waals surface area contributed by atoms with Gasteiger partial charge in [0.15, 0.2) is 5.75 Å². The number of aromatic nitrogens is 1. The summed E-state index contributed by atoms with van der Waals surface area (Å²) in [6.07, 6.45) is 4.74. The molecule has 1 N–H and O–H groups in total. The Kier molecular flexibility index (Phi) is 6.96. The number of allylic oxidation sites excluding steroid dienone is 2. The lowest BCUT2D eigenvalue weighted by molar-refractivity contribution is -0.652. The second-order valence-electron chi connectivity index (χ2n) is 8.13. The summed E-state index contributed by atoms with van der Waals surface area (Å²) < 4.78 is 45.6. The van der Waals surface area contributed by atoms with Crippen molar-refractivity contribution in [3.8, 4) is 5.75 Å². The molecule has 1 aromatic heterocycles. The highest BCUT2D eigenvalue weighted by Gasteiger charge is 2.27. The van der Waals surface area contributed by atoms with Crippen molar-refractivity contribution < 1.29 is 26.7 Å². The number of fused-ring (bicyclic) bond motifs is 2. The van der Waals surface area contributed by atoms with E-state index in [0.717, 1.165) is 27.9 Å². The van der Waals surface area contributed by atoms with Crippen LogP contribution in [0.2, 0.25) is 10.0 Å². The Balaban J connectivity index is 1.70. The molecule has 2 heterocycles. The first-order valence-corrected chi connectivity index (χ1v) is 13.1. The maximum absolute atomic E-state index is 11.2. The number of hydrogen-bond acceptors (Lipinski definition) is 5. The SMILES string of the molecule is CCC(/C=C1\Oc2ccc(Cl)cc2N1CCCS(=O)(=O)O)=C\c1oc2cc(C)c(Cl)cc2[n+]1C. The molecule has 0 bridgehead atoms. The van der Waals surface area contributed by atoms with Crippen LogP contribution in [0, 0.1) is 6.92 Å². The molecule has 0 fully saturated rings. The monoisotopic (exact) mass is 523 g/mol. The minimum atomic E-state index is -4.06. The molecule has 0 atom stereocenters. The number of rotatable bonds is 7. The largest absolute Gasteiger partial charge is 0.439 e. The van der Waals surface area contributed by atoms with Gasteiger partial charge < -0.3 is 14.1 Å². The van der Waals surface area contributed by atoms with Gasteiger partial charge in [-0.1, -0.05) is 30.1 Å². The van der Waals surface area contributed by atoms with E-state index in [4.69, 9.17) is 36.9 Å². The molecule has 1 aliphatic rings. The van der Waals surface area contributed by atoms with Crippen LogP contribution in [0.1, 0.15) is 31.2 Å². The zero-order valence-corrected chi connectivity index (χ0v) is 21.3. The van der Waals surface area contributed by atoms with Gasteiger partial charge in [-0.05, 0) is 55.2 Å². The third-order valence-electron chi connectivity index (χ3n) is 5.65. The van der Waals surface area contributed by atoms with Gasteiger partial charge in [0.1, 0.15) is 7.05 Å². The summed E-state index contributed by atoms with van der Waals surface area (Å²) in [5.41, 5.74) is 4.24. The average Bonchev–Trinajstić information content (AvgIpc) is 3.24. The van der Waals surface area contributed by atoms with Gasteiger partial charge in [-0.2, -0.15) is 13.0 Å². The topological polar surface area (TPSA) is 83.9 Å². The van der Waals surface area contributed by atoms with Gasteiger partial charge in [0.2, 0.25) is 11.5 Å². The number of halogens is 2. The maximum atomic E-state index is 11.2. The number of oxazole rings is 1. The lowest BCUT2D eigenvalue weighted by Gasteiger charge is -2.18. The van der Waals surface area contributed by atoms with Gasteiger partial charge in [-0.15, -0.1) is 0 Å². The van der Waals surface area contributed by atoms with Crippen molar-refractivity contribution in [3.05, 3.63) is 69.4 Å². The summed E-state index contributed by atoms with van der Waals surface area (Å²) in [5.74, 6) is 1.47. The zero-order valence-electron chi connectivity index (χ0n) is 19.0. The fourth-order valence-electron chi connectivity index (χ4n) is 3.79. The predicted molar refractivity (Wildman–Crippen MR) is 134 cm³/mol. The molecule has 34 heavy (non-hydrogen) atoms. The normalized spacial score (nSPS) is 15.3. The summed E-state index contributed by atoms with van der Waals surface area (Å²) >= 11 is 12.5. The quantitative estimate of drug-likeness (QED) is 0.316. The lowest BCUT2D eigenvalue weighted by atomic mass is 10.1. The molecule has 180 valence electrons.